The van der Waals surface area contributed by atoms with Gasteiger partial charge in [-0.2, -0.15) is 16.5 Å². The Morgan fingerprint density at radius 1 is 1.50 bits per heavy atom. The SMILES string of the molecule is CSCCC(NS(=O)(=O)c1ccc(C)c([N+](=O)[O-])c1)C(=O)O. The Balaban J connectivity index is 3.10. The first-order valence-corrected chi connectivity index (χ1v) is 9.06. The number of hydrogen-bond donors (Lipinski definition) is 2. The van der Waals surface area contributed by atoms with Crippen molar-refractivity contribution >= 4 is 33.4 Å². The predicted octanol–water partition coefficient (Wildman–Crippen LogP) is 1.39. The van der Waals surface area contributed by atoms with Gasteiger partial charge in [-0.3, -0.25) is 14.9 Å². The van der Waals surface area contributed by atoms with E-state index in [0.29, 0.717) is 11.3 Å². The molecule has 0 saturated carbocycles. The van der Waals surface area contributed by atoms with E-state index in [1.165, 1.54) is 30.8 Å². The maximum atomic E-state index is 12.2. The van der Waals surface area contributed by atoms with E-state index in [-0.39, 0.29) is 17.0 Å². The lowest BCUT2D eigenvalue weighted by atomic mass is 10.2. The van der Waals surface area contributed by atoms with Crippen LogP contribution in [0.25, 0.3) is 0 Å². The van der Waals surface area contributed by atoms with Gasteiger partial charge < -0.3 is 5.11 Å². The molecule has 0 saturated heterocycles. The van der Waals surface area contributed by atoms with Gasteiger partial charge in [0.05, 0.1) is 9.82 Å². The van der Waals surface area contributed by atoms with Crippen LogP contribution in [0.15, 0.2) is 23.1 Å². The summed E-state index contributed by atoms with van der Waals surface area (Å²) in [7, 11) is -4.15. The summed E-state index contributed by atoms with van der Waals surface area (Å²) in [6, 6.07) is 2.16. The minimum Gasteiger partial charge on any atom is -0.480 e. The molecular weight excluding hydrogens is 332 g/mol. The van der Waals surface area contributed by atoms with Crippen LogP contribution < -0.4 is 4.72 Å². The van der Waals surface area contributed by atoms with E-state index in [1.807, 2.05) is 0 Å². The number of carboxylic acids is 1. The van der Waals surface area contributed by atoms with E-state index in [0.717, 1.165) is 6.07 Å². The average molecular weight is 348 g/mol. The summed E-state index contributed by atoms with van der Waals surface area (Å²) in [6.45, 7) is 1.49. The number of nitrogens with one attached hydrogen (secondary N) is 1. The van der Waals surface area contributed by atoms with Crippen LogP contribution in [-0.4, -0.2) is 42.5 Å². The van der Waals surface area contributed by atoms with Crippen LogP contribution in [0.2, 0.25) is 0 Å². The number of carboxylic acid groups (broad SMARTS) is 1. The highest BCUT2D eigenvalue weighted by Gasteiger charge is 2.26. The molecule has 8 nitrogen and oxygen atoms in total. The summed E-state index contributed by atoms with van der Waals surface area (Å²) < 4.78 is 26.5. The van der Waals surface area contributed by atoms with Crippen molar-refractivity contribution in [3.05, 3.63) is 33.9 Å². The van der Waals surface area contributed by atoms with Gasteiger partial charge in [0.1, 0.15) is 6.04 Å². The number of sulfonamides is 1. The highest BCUT2D eigenvalue weighted by molar-refractivity contribution is 7.98. The second-order valence-electron chi connectivity index (χ2n) is 4.50. The molecule has 0 fully saturated rings. The molecule has 0 spiro atoms. The number of nitro benzene ring substituents is 1. The topological polar surface area (TPSA) is 127 Å². The Hall–Kier alpha value is -1.65. The molecule has 0 aromatic heterocycles. The molecule has 0 bridgehead atoms. The highest BCUT2D eigenvalue weighted by atomic mass is 32.2. The third-order valence-electron chi connectivity index (χ3n) is 2.89. The van der Waals surface area contributed by atoms with Gasteiger partial charge in [0, 0.05) is 11.6 Å². The van der Waals surface area contributed by atoms with Crippen molar-refractivity contribution in [3.63, 3.8) is 0 Å². The number of aliphatic carboxylic acids is 1. The van der Waals surface area contributed by atoms with Crippen molar-refractivity contribution in [1.29, 1.82) is 0 Å². The fraction of sp³-hybridized carbons (Fsp3) is 0.417. The zero-order valence-corrected chi connectivity index (χ0v) is 13.6. The first-order valence-electron chi connectivity index (χ1n) is 6.18. The number of aryl methyl sites for hydroxylation is 1. The van der Waals surface area contributed by atoms with Gasteiger partial charge in [-0.25, -0.2) is 8.42 Å². The molecule has 0 aliphatic rings. The van der Waals surface area contributed by atoms with Crippen LogP contribution in [0.1, 0.15) is 12.0 Å². The molecule has 0 aliphatic carbocycles. The Bertz CT molecular complexity index is 674. The van der Waals surface area contributed by atoms with Crippen LogP contribution in [-0.2, 0) is 14.8 Å². The molecule has 2 N–H and O–H groups in total. The molecule has 1 rings (SSSR count). The lowest BCUT2D eigenvalue weighted by Crippen LogP contribution is -2.41. The summed E-state index contributed by atoms with van der Waals surface area (Å²) in [4.78, 5) is 20.9. The minimum absolute atomic E-state index is 0.115. The second-order valence-corrected chi connectivity index (χ2v) is 7.20. The van der Waals surface area contributed by atoms with Gasteiger partial charge in [0.15, 0.2) is 0 Å². The first kappa shape index (κ1) is 18.4. The van der Waals surface area contributed by atoms with Crippen LogP contribution >= 0.6 is 11.8 Å². The van der Waals surface area contributed by atoms with E-state index in [4.69, 9.17) is 5.11 Å². The lowest BCUT2D eigenvalue weighted by molar-refractivity contribution is -0.385. The molecule has 0 radical (unpaired) electrons. The molecule has 1 aromatic carbocycles. The van der Waals surface area contributed by atoms with Crippen LogP contribution in [0.3, 0.4) is 0 Å². The van der Waals surface area contributed by atoms with Crippen molar-refractivity contribution < 1.29 is 23.2 Å². The summed E-state index contributed by atoms with van der Waals surface area (Å²) in [5.41, 5.74) is -0.0139. The Labute approximate surface area is 132 Å². The molecule has 1 aromatic rings. The van der Waals surface area contributed by atoms with Crippen molar-refractivity contribution in [1.82, 2.24) is 4.72 Å². The van der Waals surface area contributed by atoms with Crippen molar-refractivity contribution in [2.75, 3.05) is 12.0 Å². The van der Waals surface area contributed by atoms with Crippen molar-refractivity contribution in [2.45, 2.75) is 24.3 Å². The first-order chi connectivity index (χ1) is 10.2. The van der Waals surface area contributed by atoms with E-state index < -0.39 is 27.0 Å². The molecular formula is C12H16N2O6S2. The predicted molar refractivity (Wildman–Crippen MR) is 82.6 cm³/mol. The third kappa shape index (κ3) is 4.68. The fourth-order valence-electron chi connectivity index (χ4n) is 1.68. The third-order valence-corrected chi connectivity index (χ3v) is 5.01. The normalized spacial score (nSPS) is 12.8. The maximum Gasteiger partial charge on any atom is 0.321 e. The zero-order valence-electron chi connectivity index (χ0n) is 12.0. The molecule has 22 heavy (non-hydrogen) atoms. The number of rotatable bonds is 8. The number of nitrogens with zero attached hydrogens (tertiary/aromatic N) is 1. The minimum atomic E-state index is -4.15. The highest BCUT2D eigenvalue weighted by Crippen LogP contribution is 2.22. The summed E-state index contributed by atoms with van der Waals surface area (Å²) in [5, 5.41) is 19.9. The number of thioether (sulfide) groups is 1. The van der Waals surface area contributed by atoms with Crippen molar-refractivity contribution in [2.24, 2.45) is 0 Å². The second kappa shape index (κ2) is 7.56. The number of benzene rings is 1. The number of hydrogen-bond acceptors (Lipinski definition) is 6. The molecule has 0 heterocycles. The molecule has 0 aliphatic heterocycles. The number of nitro groups is 1. The number of carbonyl (C=O) groups is 1. The van der Waals surface area contributed by atoms with Gasteiger partial charge >= 0.3 is 5.97 Å². The van der Waals surface area contributed by atoms with Gasteiger partial charge in [-0.1, -0.05) is 6.07 Å². The quantitative estimate of drug-likeness (QED) is 0.537. The van der Waals surface area contributed by atoms with E-state index in [9.17, 15) is 23.3 Å². The van der Waals surface area contributed by atoms with Gasteiger partial charge in [-0.15, -0.1) is 0 Å². The fourth-order valence-corrected chi connectivity index (χ4v) is 3.39. The van der Waals surface area contributed by atoms with E-state index >= 15 is 0 Å². The van der Waals surface area contributed by atoms with Crippen LogP contribution in [0, 0.1) is 17.0 Å². The summed E-state index contributed by atoms with van der Waals surface area (Å²) in [5.74, 6) is -0.827. The summed E-state index contributed by atoms with van der Waals surface area (Å²) in [6.07, 6.45) is 1.89. The Morgan fingerprint density at radius 2 is 2.14 bits per heavy atom. The smallest absolute Gasteiger partial charge is 0.321 e. The van der Waals surface area contributed by atoms with E-state index in [2.05, 4.69) is 4.72 Å². The molecule has 0 amide bonds. The molecule has 1 unspecified atom stereocenters. The standard InChI is InChI=1S/C12H16N2O6S2/c1-8-3-4-9(7-11(8)14(17)18)22(19,20)13-10(12(15)16)5-6-21-2/h3-4,7,10,13H,5-6H2,1-2H3,(H,15,16). The van der Waals surface area contributed by atoms with Gasteiger partial charge in [0.2, 0.25) is 10.0 Å². The average Bonchev–Trinajstić information content (AvgIpc) is 2.43. The Morgan fingerprint density at radius 3 is 2.64 bits per heavy atom. The Kier molecular flexibility index (Phi) is 6.33. The van der Waals surface area contributed by atoms with Crippen LogP contribution in [0.5, 0.6) is 0 Å². The monoisotopic (exact) mass is 348 g/mol. The molecule has 1 atom stereocenters. The lowest BCUT2D eigenvalue weighted by Gasteiger charge is -2.14. The van der Waals surface area contributed by atoms with E-state index in [1.54, 1.807) is 6.26 Å². The zero-order chi connectivity index (χ0) is 16.9. The van der Waals surface area contributed by atoms with Gasteiger partial charge in [0.25, 0.3) is 5.69 Å². The van der Waals surface area contributed by atoms with Gasteiger partial charge in [-0.05, 0) is 31.4 Å². The maximum absolute atomic E-state index is 12.2. The molecule has 122 valence electrons. The summed E-state index contributed by atoms with van der Waals surface area (Å²) >= 11 is 1.39. The molecule has 10 heteroatoms. The van der Waals surface area contributed by atoms with Crippen molar-refractivity contribution in [3.8, 4) is 0 Å². The van der Waals surface area contributed by atoms with Crippen LogP contribution in [0.4, 0.5) is 5.69 Å². The largest absolute Gasteiger partial charge is 0.480 e.